The molecule has 166 valence electrons. The molecule has 1 unspecified atom stereocenters. The zero-order valence-corrected chi connectivity index (χ0v) is 18.7. The van der Waals surface area contributed by atoms with Crippen molar-refractivity contribution in [1.29, 1.82) is 0 Å². The molecule has 6 rings (SSSR count). The van der Waals surface area contributed by atoms with Crippen molar-refractivity contribution in [1.82, 2.24) is 9.47 Å². The summed E-state index contributed by atoms with van der Waals surface area (Å²) in [6.45, 7) is 6.01. The van der Waals surface area contributed by atoms with Crippen molar-refractivity contribution in [2.45, 2.75) is 19.4 Å². The van der Waals surface area contributed by atoms with Crippen LogP contribution in [0.3, 0.4) is 0 Å². The van der Waals surface area contributed by atoms with Gasteiger partial charge in [-0.05, 0) is 23.8 Å². The first kappa shape index (κ1) is 20.3. The molecule has 4 aromatic rings. The van der Waals surface area contributed by atoms with E-state index in [4.69, 9.17) is 4.74 Å². The molecular formula is C28H26N2O3. The smallest absolute Gasteiger partial charge is 0.196 e. The number of Topliss-reactive ketones (excluding diaryl/α,β-unsaturated/α-hetero) is 1. The fraction of sp³-hybridized carbons (Fsp3) is 0.286. The van der Waals surface area contributed by atoms with E-state index in [1.54, 1.807) is 0 Å². The molecule has 5 heteroatoms. The Morgan fingerprint density at radius 1 is 0.970 bits per heavy atom. The third-order valence-electron chi connectivity index (χ3n) is 7.19. The molecule has 0 bridgehead atoms. The molecule has 0 amide bonds. The van der Waals surface area contributed by atoms with Crippen molar-refractivity contribution >= 4 is 33.2 Å². The standard InChI is InChI=1S/C28H26N2O3/c1-18-26(28(32)22-9-4-7-19-6-2-3-8-21(19)22)24-11-5-10-23-25(31)16-20(30(18)27(23)24)17-29-12-14-33-15-13-29/h2-11,20H,12-17H2,1H3. The number of carbonyl (C=O) groups excluding carboxylic acids is 2. The van der Waals surface area contributed by atoms with E-state index in [2.05, 4.69) is 9.47 Å². The molecule has 2 aliphatic rings. The lowest BCUT2D eigenvalue weighted by Crippen LogP contribution is -2.41. The number of ketones is 2. The molecule has 3 heterocycles. The van der Waals surface area contributed by atoms with Gasteiger partial charge in [0.15, 0.2) is 11.6 Å². The number of aromatic nitrogens is 1. The summed E-state index contributed by atoms with van der Waals surface area (Å²) in [6.07, 6.45) is 0.459. The maximum absolute atomic E-state index is 14.0. The quantitative estimate of drug-likeness (QED) is 0.430. The van der Waals surface area contributed by atoms with Gasteiger partial charge in [0.1, 0.15) is 0 Å². The molecule has 0 saturated carbocycles. The normalized spacial score (nSPS) is 18.8. The zero-order chi connectivity index (χ0) is 22.5. The molecule has 0 spiro atoms. The van der Waals surface area contributed by atoms with Crippen LogP contribution < -0.4 is 0 Å². The van der Waals surface area contributed by atoms with E-state index in [0.717, 1.165) is 65.8 Å². The van der Waals surface area contributed by atoms with Gasteiger partial charge < -0.3 is 9.30 Å². The Bertz CT molecular complexity index is 1410. The van der Waals surface area contributed by atoms with Crippen LogP contribution in [0, 0.1) is 6.92 Å². The third-order valence-corrected chi connectivity index (χ3v) is 7.19. The van der Waals surface area contributed by atoms with Gasteiger partial charge in [-0.2, -0.15) is 0 Å². The van der Waals surface area contributed by atoms with Gasteiger partial charge in [0.05, 0.1) is 30.3 Å². The van der Waals surface area contributed by atoms with Crippen LogP contribution in [0.15, 0.2) is 60.7 Å². The SMILES string of the molecule is Cc1c(C(=O)c2cccc3ccccc23)c2cccc3c2n1C(CN1CCOCC1)CC3=O. The summed E-state index contributed by atoms with van der Waals surface area (Å²) in [5.41, 5.74) is 4.00. The predicted octanol–water partition coefficient (Wildman–Crippen LogP) is 4.79. The van der Waals surface area contributed by atoms with Crippen LogP contribution in [0.5, 0.6) is 0 Å². The summed E-state index contributed by atoms with van der Waals surface area (Å²) in [7, 11) is 0. The van der Waals surface area contributed by atoms with E-state index in [0.29, 0.717) is 17.5 Å². The Morgan fingerprint density at radius 3 is 2.55 bits per heavy atom. The number of ether oxygens (including phenoxy) is 1. The number of hydrogen-bond acceptors (Lipinski definition) is 4. The predicted molar refractivity (Wildman–Crippen MR) is 129 cm³/mol. The Kier molecular flexibility index (Phi) is 4.89. The van der Waals surface area contributed by atoms with Crippen LogP contribution >= 0.6 is 0 Å². The van der Waals surface area contributed by atoms with Crippen molar-refractivity contribution in [3.05, 3.63) is 83.0 Å². The highest BCUT2D eigenvalue weighted by atomic mass is 16.5. The second-order valence-corrected chi connectivity index (χ2v) is 9.08. The van der Waals surface area contributed by atoms with Gasteiger partial charge >= 0.3 is 0 Å². The van der Waals surface area contributed by atoms with Crippen molar-refractivity contribution < 1.29 is 14.3 Å². The highest BCUT2D eigenvalue weighted by Gasteiger charge is 2.34. The average molecular weight is 439 g/mol. The van der Waals surface area contributed by atoms with Crippen LogP contribution in [0.1, 0.15) is 44.4 Å². The highest BCUT2D eigenvalue weighted by Crippen LogP contribution is 2.39. The Hall–Kier alpha value is -3.28. The zero-order valence-electron chi connectivity index (χ0n) is 18.7. The van der Waals surface area contributed by atoms with E-state index in [9.17, 15) is 9.59 Å². The van der Waals surface area contributed by atoms with Gasteiger partial charge in [-0.3, -0.25) is 14.5 Å². The van der Waals surface area contributed by atoms with Crippen molar-refractivity contribution in [2.75, 3.05) is 32.8 Å². The minimum Gasteiger partial charge on any atom is -0.379 e. The van der Waals surface area contributed by atoms with Crippen LogP contribution in [-0.2, 0) is 4.74 Å². The number of rotatable bonds is 4. The molecule has 1 aromatic heterocycles. The van der Waals surface area contributed by atoms with Gasteiger partial charge in [0.2, 0.25) is 0 Å². The minimum atomic E-state index is 0.0158. The molecule has 1 saturated heterocycles. The Labute approximate surface area is 192 Å². The lowest BCUT2D eigenvalue weighted by atomic mass is 9.94. The molecule has 1 fully saturated rings. The summed E-state index contributed by atoms with van der Waals surface area (Å²) in [5, 5.41) is 2.88. The minimum absolute atomic E-state index is 0.0158. The number of fused-ring (bicyclic) bond motifs is 1. The van der Waals surface area contributed by atoms with Gasteiger partial charge in [-0.25, -0.2) is 0 Å². The molecular weight excluding hydrogens is 412 g/mol. The molecule has 0 N–H and O–H groups in total. The number of morpholine rings is 1. The first-order valence-electron chi connectivity index (χ1n) is 11.6. The summed E-state index contributed by atoms with van der Waals surface area (Å²) < 4.78 is 7.77. The molecule has 0 radical (unpaired) electrons. The van der Waals surface area contributed by atoms with Crippen molar-refractivity contribution in [3.63, 3.8) is 0 Å². The fourth-order valence-electron chi connectivity index (χ4n) is 5.66. The monoisotopic (exact) mass is 438 g/mol. The Morgan fingerprint density at radius 2 is 1.70 bits per heavy atom. The van der Waals surface area contributed by atoms with Gasteiger partial charge in [0, 0.05) is 48.3 Å². The summed E-state index contributed by atoms with van der Waals surface area (Å²) >= 11 is 0. The third kappa shape index (κ3) is 3.23. The number of para-hydroxylation sites is 1. The molecule has 3 aromatic carbocycles. The topological polar surface area (TPSA) is 51.5 Å². The van der Waals surface area contributed by atoms with E-state index >= 15 is 0 Å². The second-order valence-electron chi connectivity index (χ2n) is 9.08. The first-order chi connectivity index (χ1) is 16.1. The summed E-state index contributed by atoms with van der Waals surface area (Å²) in [6, 6.07) is 19.7. The van der Waals surface area contributed by atoms with Crippen LogP contribution in [0.4, 0.5) is 0 Å². The molecule has 5 nitrogen and oxygen atoms in total. The molecule has 2 aliphatic heterocycles. The maximum Gasteiger partial charge on any atom is 0.196 e. The van der Waals surface area contributed by atoms with E-state index in [1.165, 1.54) is 0 Å². The second kappa shape index (κ2) is 7.94. The van der Waals surface area contributed by atoms with E-state index in [-0.39, 0.29) is 17.6 Å². The number of benzene rings is 3. The van der Waals surface area contributed by atoms with Crippen LogP contribution in [0.25, 0.3) is 21.7 Å². The van der Waals surface area contributed by atoms with Gasteiger partial charge in [-0.15, -0.1) is 0 Å². The summed E-state index contributed by atoms with van der Waals surface area (Å²) in [5.74, 6) is 0.178. The summed E-state index contributed by atoms with van der Waals surface area (Å²) in [4.78, 5) is 29.5. The lowest BCUT2D eigenvalue weighted by Gasteiger charge is -2.33. The van der Waals surface area contributed by atoms with Crippen molar-refractivity contribution in [3.8, 4) is 0 Å². The Balaban J connectivity index is 1.53. The van der Waals surface area contributed by atoms with Crippen LogP contribution in [-0.4, -0.2) is 53.9 Å². The van der Waals surface area contributed by atoms with Crippen molar-refractivity contribution in [2.24, 2.45) is 0 Å². The first-order valence-corrected chi connectivity index (χ1v) is 11.6. The number of hydrogen-bond donors (Lipinski definition) is 0. The van der Waals surface area contributed by atoms with Crippen LogP contribution in [0.2, 0.25) is 0 Å². The largest absolute Gasteiger partial charge is 0.379 e. The average Bonchev–Trinajstić information content (AvgIpc) is 3.15. The van der Waals surface area contributed by atoms with Gasteiger partial charge in [0.25, 0.3) is 0 Å². The number of nitrogens with zero attached hydrogens (tertiary/aromatic N) is 2. The van der Waals surface area contributed by atoms with E-state index in [1.807, 2.05) is 67.6 Å². The maximum atomic E-state index is 14.0. The lowest BCUT2D eigenvalue weighted by molar-refractivity contribution is 0.0308. The number of carbonyl (C=O) groups is 2. The van der Waals surface area contributed by atoms with Gasteiger partial charge in [-0.1, -0.05) is 54.6 Å². The molecule has 1 atom stereocenters. The molecule has 33 heavy (non-hydrogen) atoms. The fourth-order valence-corrected chi connectivity index (χ4v) is 5.66. The highest BCUT2D eigenvalue weighted by molar-refractivity contribution is 6.24. The van der Waals surface area contributed by atoms with E-state index < -0.39 is 0 Å². The molecule has 0 aliphatic carbocycles.